The molecule has 1 fully saturated rings. The molecule has 1 aliphatic rings. The largest absolute Gasteiger partial charge is 0.392 e. The first-order valence-electron chi connectivity index (χ1n) is 6.17. The van der Waals surface area contributed by atoms with Crippen LogP contribution in [0.1, 0.15) is 25.6 Å². The summed E-state index contributed by atoms with van der Waals surface area (Å²) in [6, 6.07) is 0. The molecule has 1 atom stereocenters. The highest BCUT2D eigenvalue weighted by Crippen LogP contribution is 2.20. The van der Waals surface area contributed by atoms with E-state index in [0.717, 1.165) is 0 Å². The molecule has 1 unspecified atom stereocenters. The molecular weight excluding hydrogens is 254 g/mol. The molecule has 1 aromatic heterocycles. The van der Waals surface area contributed by atoms with E-state index in [1.165, 1.54) is 4.31 Å². The Balaban J connectivity index is 2.29. The van der Waals surface area contributed by atoms with Gasteiger partial charge in [-0.05, 0) is 26.7 Å². The fourth-order valence-electron chi connectivity index (χ4n) is 2.20. The van der Waals surface area contributed by atoms with Crippen LogP contribution in [0.5, 0.6) is 0 Å². The van der Waals surface area contributed by atoms with Crippen LogP contribution < -0.4 is 0 Å². The van der Waals surface area contributed by atoms with Crippen molar-refractivity contribution in [2.45, 2.75) is 44.4 Å². The molecule has 102 valence electrons. The second-order valence-corrected chi connectivity index (χ2v) is 6.46. The van der Waals surface area contributed by atoms with Gasteiger partial charge in [-0.2, -0.15) is 4.31 Å². The number of sulfonamides is 1. The third-order valence-corrected chi connectivity index (χ3v) is 4.99. The summed E-state index contributed by atoms with van der Waals surface area (Å²) in [6.07, 6.45) is 2.34. The van der Waals surface area contributed by atoms with Crippen molar-refractivity contribution >= 4 is 10.0 Å². The van der Waals surface area contributed by atoms with Crippen molar-refractivity contribution in [1.29, 1.82) is 0 Å². The van der Waals surface area contributed by atoms with Gasteiger partial charge in [0, 0.05) is 25.8 Å². The maximum atomic E-state index is 12.4. The Morgan fingerprint density at radius 1 is 1.56 bits per heavy atom. The van der Waals surface area contributed by atoms with E-state index in [1.54, 1.807) is 17.7 Å². The van der Waals surface area contributed by atoms with E-state index in [0.29, 0.717) is 31.8 Å². The smallest absolute Gasteiger partial charge is 0.262 e. The number of aliphatic hydroxyl groups excluding tert-OH is 1. The number of hydrogen-bond donors (Lipinski definition) is 1. The molecule has 7 heteroatoms. The van der Waals surface area contributed by atoms with Gasteiger partial charge >= 0.3 is 0 Å². The summed E-state index contributed by atoms with van der Waals surface area (Å²) in [4.78, 5) is 4.11. The number of aliphatic hydroxyl groups is 1. The van der Waals surface area contributed by atoms with Gasteiger partial charge in [-0.3, -0.25) is 0 Å². The molecule has 0 radical (unpaired) electrons. The average Bonchev–Trinajstić information content (AvgIpc) is 2.71. The molecule has 1 aliphatic heterocycles. The van der Waals surface area contributed by atoms with E-state index in [1.807, 2.05) is 6.92 Å². The standard InChI is InChI=1S/C11H19N3O3S/c1-3-13-8-11(12-9(13)2)18(16,17)14-6-4-5-10(15)7-14/h8,10,15H,3-7H2,1-2H3. The Labute approximate surface area is 107 Å². The highest BCUT2D eigenvalue weighted by atomic mass is 32.2. The Morgan fingerprint density at radius 3 is 2.83 bits per heavy atom. The number of β-amino-alcohol motifs (C(OH)–C–C–N with tert-alkyl or cyclic N) is 1. The number of aryl methyl sites for hydroxylation is 2. The van der Waals surface area contributed by atoms with Crippen LogP contribution in [0.3, 0.4) is 0 Å². The SMILES string of the molecule is CCn1cc(S(=O)(=O)N2CCCC(O)C2)nc1C. The minimum Gasteiger partial charge on any atom is -0.392 e. The zero-order valence-corrected chi connectivity index (χ0v) is 11.5. The summed E-state index contributed by atoms with van der Waals surface area (Å²) in [6.45, 7) is 5.04. The third-order valence-electron chi connectivity index (χ3n) is 3.26. The number of aromatic nitrogens is 2. The number of rotatable bonds is 3. The van der Waals surface area contributed by atoms with E-state index in [-0.39, 0.29) is 11.6 Å². The zero-order chi connectivity index (χ0) is 13.3. The molecule has 1 N–H and O–H groups in total. The van der Waals surface area contributed by atoms with Gasteiger partial charge in [0.25, 0.3) is 10.0 Å². The summed E-state index contributed by atoms with van der Waals surface area (Å²) in [5, 5.41) is 9.64. The lowest BCUT2D eigenvalue weighted by Gasteiger charge is -2.28. The molecule has 2 rings (SSSR count). The average molecular weight is 273 g/mol. The van der Waals surface area contributed by atoms with Crippen molar-refractivity contribution in [3.8, 4) is 0 Å². The quantitative estimate of drug-likeness (QED) is 0.862. The number of piperidine rings is 1. The predicted octanol–water partition coefficient (Wildman–Crippen LogP) is 0.357. The van der Waals surface area contributed by atoms with E-state index in [9.17, 15) is 13.5 Å². The van der Waals surface area contributed by atoms with Crippen LogP contribution in [0.4, 0.5) is 0 Å². The Bertz CT molecular complexity index is 524. The predicted molar refractivity (Wildman–Crippen MR) is 66.6 cm³/mol. The van der Waals surface area contributed by atoms with E-state index in [4.69, 9.17) is 0 Å². The lowest BCUT2D eigenvalue weighted by atomic mass is 10.1. The molecule has 0 spiro atoms. The Kier molecular flexibility index (Phi) is 3.74. The Morgan fingerprint density at radius 2 is 2.28 bits per heavy atom. The Hall–Kier alpha value is -0.920. The molecule has 0 bridgehead atoms. The van der Waals surface area contributed by atoms with Crippen LogP contribution in [0.15, 0.2) is 11.2 Å². The number of nitrogens with zero attached hydrogens (tertiary/aromatic N) is 3. The molecule has 1 saturated heterocycles. The molecule has 0 amide bonds. The van der Waals surface area contributed by atoms with Crippen LogP contribution in [-0.2, 0) is 16.6 Å². The normalized spacial score (nSPS) is 22.3. The van der Waals surface area contributed by atoms with Gasteiger partial charge in [0.15, 0.2) is 5.03 Å². The van der Waals surface area contributed by atoms with Crippen LogP contribution >= 0.6 is 0 Å². The molecule has 1 aromatic rings. The maximum Gasteiger partial charge on any atom is 0.262 e. The summed E-state index contributed by atoms with van der Waals surface area (Å²) >= 11 is 0. The molecule has 6 nitrogen and oxygen atoms in total. The van der Waals surface area contributed by atoms with E-state index >= 15 is 0 Å². The lowest BCUT2D eigenvalue weighted by molar-refractivity contribution is 0.108. The number of hydrogen-bond acceptors (Lipinski definition) is 4. The van der Waals surface area contributed by atoms with Crippen LogP contribution in [0.25, 0.3) is 0 Å². The van der Waals surface area contributed by atoms with Gasteiger partial charge in [0.2, 0.25) is 0 Å². The first-order chi connectivity index (χ1) is 8.45. The fraction of sp³-hybridized carbons (Fsp3) is 0.727. The summed E-state index contributed by atoms with van der Waals surface area (Å²) in [5.41, 5.74) is 0. The van der Waals surface area contributed by atoms with E-state index in [2.05, 4.69) is 4.98 Å². The summed E-state index contributed by atoms with van der Waals surface area (Å²) in [5.74, 6) is 0.689. The van der Waals surface area contributed by atoms with Crippen LogP contribution in [0, 0.1) is 6.92 Å². The second-order valence-electron chi connectivity index (χ2n) is 4.57. The highest BCUT2D eigenvalue weighted by molar-refractivity contribution is 7.89. The van der Waals surface area contributed by atoms with Crippen molar-refractivity contribution in [3.05, 3.63) is 12.0 Å². The first-order valence-corrected chi connectivity index (χ1v) is 7.61. The molecule has 0 saturated carbocycles. The van der Waals surface area contributed by atoms with Crippen molar-refractivity contribution in [2.75, 3.05) is 13.1 Å². The zero-order valence-electron chi connectivity index (χ0n) is 10.7. The molecule has 2 heterocycles. The fourth-order valence-corrected chi connectivity index (χ4v) is 3.71. The first kappa shape index (κ1) is 13.5. The van der Waals surface area contributed by atoms with Gasteiger partial charge in [0.1, 0.15) is 5.82 Å². The molecule has 0 aromatic carbocycles. The summed E-state index contributed by atoms with van der Waals surface area (Å²) in [7, 11) is -3.57. The minimum absolute atomic E-state index is 0.0796. The van der Waals surface area contributed by atoms with Gasteiger partial charge in [-0.15, -0.1) is 0 Å². The second kappa shape index (κ2) is 4.99. The van der Waals surface area contributed by atoms with Gasteiger partial charge in [-0.1, -0.05) is 0 Å². The molecule has 18 heavy (non-hydrogen) atoms. The van der Waals surface area contributed by atoms with Crippen LogP contribution in [-0.4, -0.2) is 46.6 Å². The van der Waals surface area contributed by atoms with Crippen molar-refractivity contribution in [2.24, 2.45) is 0 Å². The third kappa shape index (κ3) is 2.43. The van der Waals surface area contributed by atoms with Gasteiger partial charge < -0.3 is 9.67 Å². The van der Waals surface area contributed by atoms with Crippen molar-refractivity contribution < 1.29 is 13.5 Å². The maximum absolute atomic E-state index is 12.4. The van der Waals surface area contributed by atoms with E-state index < -0.39 is 16.1 Å². The molecular formula is C11H19N3O3S. The van der Waals surface area contributed by atoms with Gasteiger partial charge in [-0.25, -0.2) is 13.4 Å². The number of imidazole rings is 1. The van der Waals surface area contributed by atoms with Crippen molar-refractivity contribution in [3.63, 3.8) is 0 Å². The van der Waals surface area contributed by atoms with Gasteiger partial charge in [0.05, 0.1) is 6.10 Å². The monoisotopic (exact) mass is 273 g/mol. The summed E-state index contributed by atoms with van der Waals surface area (Å²) < 4.78 is 27.8. The minimum atomic E-state index is -3.57. The topological polar surface area (TPSA) is 75.4 Å². The lowest BCUT2D eigenvalue weighted by Crippen LogP contribution is -2.42. The van der Waals surface area contributed by atoms with Crippen LogP contribution in [0.2, 0.25) is 0 Å². The highest BCUT2D eigenvalue weighted by Gasteiger charge is 2.31. The molecule has 0 aliphatic carbocycles. The van der Waals surface area contributed by atoms with Crippen molar-refractivity contribution in [1.82, 2.24) is 13.9 Å².